The molecule has 0 amide bonds. The van der Waals surface area contributed by atoms with Crippen LogP contribution in [0.1, 0.15) is 59.1 Å². The molecular weight excluding hydrogens is 348 g/mol. The summed E-state index contributed by atoms with van der Waals surface area (Å²) in [7, 11) is 0. The summed E-state index contributed by atoms with van der Waals surface area (Å²) in [6.45, 7) is 7.86. The molecule has 0 bridgehead atoms. The van der Waals surface area contributed by atoms with E-state index in [0.717, 1.165) is 59.1 Å². The Morgan fingerprint density at radius 1 is 0.714 bits per heavy atom. The first-order valence-electron chi connectivity index (χ1n) is 10.0. The molecule has 4 nitrogen and oxygen atoms in total. The van der Waals surface area contributed by atoms with E-state index in [1.165, 1.54) is 0 Å². The number of nitrogens with zero attached hydrogens (tertiary/aromatic N) is 2. The molecular formula is C24H30N2O2. The van der Waals surface area contributed by atoms with Crippen LogP contribution in [0.4, 0.5) is 0 Å². The van der Waals surface area contributed by atoms with Crippen molar-refractivity contribution in [3.63, 3.8) is 0 Å². The van der Waals surface area contributed by atoms with E-state index in [9.17, 15) is 10.2 Å². The van der Waals surface area contributed by atoms with Crippen LogP contribution >= 0.6 is 0 Å². The molecule has 2 atom stereocenters. The van der Waals surface area contributed by atoms with Crippen molar-refractivity contribution >= 4 is 12.4 Å². The third-order valence-corrected chi connectivity index (χ3v) is 5.45. The maximum absolute atomic E-state index is 10.3. The van der Waals surface area contributed by atoms with Gasteiger partial charge in [0.1, 0.15) is 11.5 Å². The number of rotatable bonds is 4. The highest BCUT2D eigenvalue weighted by molar-refractivity contribution is 5.85. The smallest absolute Gasteiger partial charge is 0.127 e. The third kappa shape index (κ3) is 4.61. The zero-order valence-electron chi connectivity index (χ0n) is 17.2. The standard InChI is InChI=1S/C24H30N2O2/c1-15-9-17(3)23(27)19(11-15)13-25-21-7-5-6-8-22(21)26-14-20-12-16(2)10-18(4)24(20)28/h9-14,21-22,27-28H,5-8H2,1-4H3/t21-,22-/m0/s1. The van der Waals surface area contributed by atoms with Crippen LogP contribution in [0.3, 0.4) is 0 Å². The van der Waals surface area contributed by atoms with Crippen LogP contribution in [0.25, 0.3) is 0 Å². The van der Waals surface area contributed by atoms with E-state index in [-0.39, 0.29) is 12.1 Å². The number of aryl methyl sites for hydroxylation is 4. The lowest BCUT2D eigenvalue weighted by Gasteiger charge is -2.25. The number of phenols is 2. The molecule has 2 aromatic rings. The Labute approximate surface area is 167 Å². The quantitative estimate of drug-likeness (QED) is 0.720. The van der Waals surface area contributed by atoms with Gasteiger partial charge in [-0.3, -0.25) is 9.98 Å². The summed E-state index contributed by atoms with van der Waals surface area (Å²) < 4.78 is 0. The molecule has 0 heterocycles. The lowest BCUT2D eigenvalue weighted by molar-refractivity contribution is 0.390. The Balaban J connectivity index is 1.82. The minimum Gasteiger partial charge on any atom is -0.507 e. The van der Waals surface area contributed by atoms with E-state index < -0.39 is 0 Å². The van der Waals surface area contributed by atoms with E-state index in [2.05, 4.69) is 0 Å². The summed E-state index contributed by atoms with van der Waals surface area (Å²) >= 11 is 0. The van der Waals surface area contributed by atoms with Crippen molar-refractivity contribution in [1.29, 1.82) is 0 Å². The predicted molar refractivity (Wildman–Crippen MR) is 116 cm³/mol. The highest BCUT2D eigenvalue weighted by Crippen LogP contribution is 2.27. The van der Waals surface area contributed by atoms with Gasteiger partial charge in [-0.2, -0.15) is 0 Å². The molecule has 28 heavy (non-hydrogen) atoms. The van der Waals surface area contributed by atoms with Crippen LogP contribution < -0.4 is 0 Å². The topological polar surface area (TPSA) is 65.2 Å². The second-order valence-corrected chi connectivity index (χ2v) is 8.01. The van der Waals surface area contributed by atoms with Crippen molar-refractivity contribution in [3.05, 3.63) is 57.6 Å². The zero-order valence-corrected chi connectivity index (χ0v) is 17.2. The molecule has 2 aromatic carbocycles. The van der Waals surface area contributed by atoms with Crippen molar-refractivity contribution in [3.8, 4) is 11.5 Å². The maximum atomic E-state index is 10.3. The fourth-order valence-electron chi connectivity index (χ4n) is 3.97. The van der Waals surface area contributed by atoms with Crippen molar-refractivity contribution in [2.45, 2.75) is 65.5 Å². The van der Waals surface area contributed by atoms with Crippen molar-refractivity contribution in [2.24, 2.45) is 9.98 Å². The van der Waals surface area contributed by atoms with E-state index >= 15 is 0 Å². The van der Waals surface area contributed by atoms with Crippen LogP contribution in [0.15, 0.2) is 34.3 Å². The molecule has 0 saturated heterocycles. The molecule has 0 radical (unpaired) electrons. The summed E-state index contributed by atoms with van der Waals surface area (Å²) in [5, 5.41) is 20.6. The highest BCUT2D eigenvalue weighted by Gasteiger charge is 2.23. The number of phenolic OH excluding ortho intramolecular Hbond substituents is 2. The Kier molecular flexibility index (Phi) is 6.18. The van der Waals surface area contributed by atoms with Gasteiger partial charge in [0, 0.05) is 23.6 Å². The molecule has 0 unspecified atom stereocenters. The van der Waals surface area contributed by atoms with Gasteiger partial charge in [-0.05, 0) is 74.9 Å². The molecule has 148 valence electrons. The molecule has 0 aliphatic heterocycles. The van der Waals surface area contributed by atoms with Crippen LogP contribution in [-0.4, -0.2) is 34.7 Å². The van der Waals surface area contributed by atoms with Crippen LogP contribution in [0.5, 0.6) is 11.5 Å². The molecule has 3 rings (SSSR count). The molecule has 2 N–H and O–H groups in total. The Morgan fingerprint density at radius 2 is 1.11 bits per heavy atom. The van der Waals surface area contributed by atoms with Crippen LogP contribution in [0, 0.1) is 27.7 Å². The molecule has 1 saturated carbocycles. The van der Waals surface area contributed by atoms with Crippen molar-refractivity contribution < 1.29 is 10.2 Å². The SMILES string of the molecule is Cc1cc(C)c(O)c(C=N[C@H]2CCCC[C@@H]2N=Cc2cc(C)cc(C)c2O)c1. The molecule has 0 spiro atoms. The van der Waals surface area contributed by atoms with E-state index in [1.54, 1.807) is 12.4 Å². The van der Waals surface area contributed by atoms with Crippen LogP contribution in [-0.2, 0) is 0 Å². The van der Waals surface area contributed by atoms with Gasteiger partial charge in [0.05, 0.1) is 12.1 Å². The molecule has 1 aliphatic carbocycles. The third-order valence-electron chi connectivity index (χ3n) is 5.45. The van der Waals surface area contributed by atoms with Gasteiger partial charge >= 0.3 is 0 Å². The molecule has 1 aliphatic rings. The number of hydrogen-bond donors (Lipinski definition) is 2. The molecule has 0 aromatic heterocycles. The fourth-order valence-corrected chi connectivity index (χ4v) is 3.97. The average Bonchev–Trinajstić information content (AvgIpc) is 2.65. The summed E-state index contributed by atoms with van der Waals surface area (Å²) in [5.41, 5.74) is 5.48. The van der Waals surface area contributed by atoms with Gasteiger partial charge in [0.15, 0.2) is 0 Å². The zero-order chi connectivity index (χ0) is 20.3. The lowest BCUT2D eigenvalue weighted by atomic mass is 9.91. The summed E-state index contributed by atoms with van der Waals surface area (Å²) in [6.07, 6.45) is 7.85. The number of benzene rings is 2. The Morgan fingerprint density at radius 3 is 1.50 bits per heavy atom. The number of hydrogen-bond acceptors (Lipinski definition) is 4. The maximum Gasteiger partial charge on any atom is 0.127 e. The van der Waals surface area contributed by atoms with E-state index in [4.69, 9.17) is 9.98 Å². The van der Waals surface area contributed by atoms with Crippen LogP contribution in [0.2, 0.25) is 0 Å². The van der Waals surface area contributed by atoms with Gasteiger partial charge in [-0.15, -0.1) is 0 Å². The van der Waals surface area contributed by atoms with Gasteiger partial charge in [-0.25, -0.2) is 0 Å². The Hall–Kier alpha value is -2.62. The molecule has 1 fully saturated rings. The average molecular weight is 379 g/mol. The first-order valence-corrected chi connectivity index (χ1v) is 10.0. The first-order chi connectivity index (χ1) is 13.3. The first kappa shape index (κ1) is 20.1. The minimum atomic E-state index is 0.0956. The lowest BCUT2D eigenvalue weighted by Crippen LogP contribution is -2.27. The van der Waals surface area contributed by atoms with Gasteiger partial charge in [0.2, 0.25) is 0 Å². The fraction of sp³-hybridized carbons (Fsp3) is 0.417. The Bertz CT molecular complexity index is 840. The second-order valence-electron chi connectivity index (χ2n) is 8.01. The summed E-state index contributed by atoms with van der Waals surface area (Å²) in [4.78, 5) is 9.57. The van der Waals surface area contributed by atoms with E-state index in [1.807, 2.05) is 52.0 Å². The monoisotopic (exact) mass is 378 g/mol. The predicted octanol–water partition coefficient (Wildman–Crippen LogP) is 5.18. The van der Waals surface area contributed by atoms with Gasteiger partial charge in [0.25, 0.3) is 0 Å². The van der Waals surface area contributed by atoms with Gasteiger partial charge < -0.3 is 10.2 Å². The molecule has 4 heteroatoms. The minimum absolute atomic E-state index is 0.0956. The summed E-state index contributed by atoms with van der Waals surface area (Å²) in [6, 6.07) is 8.05. The normalized spacial score (nSPS) is 20.3. The van der Waals surface area contributed by atoms with Gasteiger partial charge in [-0.1, -0.05) is 25.0 Å². The summed E-state index contributed by atoms with van der Waals surface area (Å²) in [5.74, 6) is 0.593. The van der Waals surface area contributed by atoms with Crippen molar-refractivity contribution in [1.82, 2.24) is 0 Å². The number of aromatic hydroxyl groups is 2. The second kappa shape index (κ2) is 8.59. The number of aliphatic imine (C=N–C) groups is 2. The van der Waals surface area contributed by atoms with E-state index in [0.29, 0.717) is 11.5 Å². The highest BCUT2D eigenvalue weighted by atomic mass is 16.3. The van der Waals surface area contributed by atoms with Crippen molar-refractivity contribution in [2.75, 3.05) is 0 Å². The largest absolute Gasteiger partial charge is 0.507 e.